The average Bonchev–Trinajstić information content (AvgIpc) is 2.59. The summed E-state index contributed by atoms with van der Waals surface area (Å²) in [6.07, 6.45) is 9.06. The fourth-order valence-corrected chi connectivity index (χ4v) is 2.52. The lowest BCUT2D eigenvalue weighted by Crippen LogP contribution is -2.28. The van der Waals surface area contributed by atoms with Crippen molar-refractivity contribution in [2.75, 3.05) is 0 Å². The summed E-state index contributed by atoms with van der Waals surface area (Å²) in [5.41, 5.74) is 1.77. The Morgan fingerprint density at radius 3 is 2.59 bits per heavy atom. The maximum Gasteiger partial charge on any atom is 0.253 e. The standard InChI is InChI=1S/C19H24N2O/c1-2-3-4-8-13-18(16-10-6-5-7-11-16)21-19(22)17-12-9-14-20-15-17/h5-7,9-12,14-15,18H,2-4,8,13H2,1H3,(H,21,22). The van der Waals surface area contributed by atoms with E-state index in [2.05, 4.69) is 29.4 Å². The summed E-state index contributed by atoms with van der Waals surface area (Å²) in [6.45, 7) is 2.21. The Kier molecular flexibility index (Phi) is 6.62. The van der Waals surface area contributed by atoms with Crippen molar-refractivity contribution in [3.05, 3.63) is 66.0 Å². The van der Waals surface area contributed by atoms with Crippen LogP contribution in [-0.2, 0) is 0 Å². The molecule has 1 heterocycles. The number of carbonyl (C=O) groups excluding carboxylic acids is 1. The average molecular weight is 296 g/mol. The number of unbranched alkanes of at least 4 members (excludes halogenated alkanes) is 3. The topological polar surface area (TPSA) is 42.0 Å². The molecule has 1 amide bonds. The van der Waals surface area contributed by atoms with Crippen LogP contribution in [0.15, 0.2) is 54.9 Å². The van der Waals surface area contributed by atoms with Crippen molar-refractivity contribution >= 4 is 5.91 Å². The minimum atomic E-state index is -0.0579. The van der Waals surface area contributed by atoms with E-state index in [1.165, 1.54) is 19.3 Å². The minimum absolute atomic E-state index is 0.0579. The van der Waals surface area contributed by atoms with Gasteiger partial charge in [0.25, 0.3) is 5.91 Å². The molecule has 0 aliphatic heterocycles. The van der Waals surface area contributed by atoms with Crippen LogP contribution >= 0.6 is 0 Å². The second-order valence-corrected chi connectivity index (χ2v) is 5.53. The Balaban J connectivity index is 2.02. The Bertz CT molecular complexity index is 554. The molecule has 0 aliphatic carbocycles. The largest absolute Gasteiger partial charge is 0.345 e. The van der Waals surface area contributed by atoms with Crippen molar-refractivity contribution in [2.24, 2.45) is 0 Å². The van der Waals surface area contributed by atoms with Gasteiger partial charge in [0, 0.05) is 12.4 Å². The van der Waals surface area contributed by atoms with E-state index in [0.717, 1.165) is 18.4 Å². The fourth-order valence-electron chi connectivity index (χ4n) is 2.52. The first-order valence-corrected chi connectivity index (χ1v) is 8.07. The summed E-state index contributed by atoms with van der Waals surface area (Å²) < 4.78 is 0. The monoisotopic (exact) mass is 296 g/mol. The number of benzene rings is 1. The van der Waals surface area contributed by atoms with Crippen LogP contribution in [0.3, 0.4) is 0 Å². The van der Waals surface area contributed by atoms with Crippen molar-refractivity contribution in [1.82, 2.24) is 10.3 Å². The van der Waals surface area contributed by atoms with Crippen molar-refractivity contribution in [3.63, 3.8) is 0 Å². The summed E-state index contributed by atoms with van der Waals surface area (Å²) in [5, 5.41) is 3.15. The third-order valence-electron chi connectivity index (χ3n) is 3.78. The molecule has 0 bridgehead atoms. The van der Waals surface area contributed by atoms with Crippen LogP contribution < -0.4 is 5.32 Å². The van der Waals surface area contributed by atoms with Crippen LogP contribution in [0.4, 0.5) is 0 Å². The first-order valence-electron chi connectivity index (χ1n) is 8.07. The summed E-state index contributed by atoms with van der Waals surface area (Å²) in [5.74, 6) is -0.0579. The molecule has 116 valence electrons. The maximum absolute atomic E-state index is 12.4. The number of hydrogen-bond acceptors (Lipinski definition) is 2. The van der Waals surface area contributed by atoms with Gasteiger partial charge in [-0.2, -0.15) is 0 Å². The van der Waals surface area contributed by atoms with E-state index in [9.17, 15) is 4.79 Å². The van der Waals surface area contributed by atoms with Crippen LogP contribution in [0.25, 0.3) is 0 Å². The molecule has 1 aromatic heterocycles. The molecule has 0 radical (unpaired) electrons. The van der Waals surface area contributed by atoms with Gasteiger partial charge in [0.2, 0.25) is 0 Å². The zero-order chi connectivity index (χ0) is 15.6. The zero-order valence-electron chi connectivity index (χ0n) is 13.2. The lowest BCUT2D eigenvalue weighted by molar-refractivity contribution is 0.0933. The highest BCUT2D eigenvalue weighted by Gasteiger charge is 2.15. The number of hydrogen-bond donors (Lipinski definition) is 1. The molecule has 1 N–H and O–H groups in total. The molecular formula is C19H24N2O. The lowest BCUT2D eigenvalue weighted by atomic mass is 9.99. The molecule has 0 saturated carbocycles. The molecular weight excluding hydrogens is 272 g/mol. The van der Waals surface area contributed by atoms with Gasteiger partial charge in [-0.3, -0.25) is 9.78 Å². The van der Waals surface area contributed by atoms with Gasteiger partial charge in [-0.05, 0) is 24.1 Å². The maximum atomic E-state index is 12.4. The van der Waals surface area contributed by atoms with E-state index in [1.807, 2.05) is 18.2 Å². The third kappa shape index (κ3) is 4.99. The van der Waals surface area contributed by atoms with Gasteiger partial charge in [-0.15, -0.1) is 0 Å². The smallest absolute Gasteiger partial charge is 0.253 e. The first-order chi connectivity index (χ1) is 10.8. The molecule has 0 saturated heterocycles. The number of nitrogens with one attached hydrogen (secondary N) is 1. The number of carbonyl (C=O) groups is 1. The molecule has 0 aliphatic rings. The highest BCUT2D eigenvalue weighted by atomic mass is 16.1. The van der Waals surface area contributed by atoms with Gasteiger partial charge in [0.1, 0.15) is 0 Å². The molecule has 3 heteroatoms. The molecule has 1 unspecified atom stereocenters. The van der Waals surface area contributed by atoms with E-state index < -0.39 is 0 Å². The van der Waals surface area contributed by atoms with Crippen LogP contribution in [0, 0.1) is 0 Å². The van der Waals surface area contributed by atoms with E-state index in [0.29, 0.717) is 5.56 Å². The quantitative estimate of drug-likeness (QED) is 0.727. The SMILES string of the molecule is CCCCCCC(NC(=O)c1cccnc1)c1ccccc1. The van der Waals surface area contributed by atoms with Gasteiger partial charge in [0.15, 0.2) is 0 Å². The molecule has 1 atom stereocenters. The number of rotatable bonds is 8. The van der Waals surface area contributed by atoms with Gasteiger partial charge in [-0.25, -0.2) is 0 Å². The molecule has 0 spiro atoms. The van der Waals surface area contributed by atoms with E-state index >= 15 is 0 Å². The van der Waals surface area contributed by atoms with Gasteiger partial charge in [-0.1, -0.05) is 62.9 Å². The normalized spacial score (nSPS) is 11.9. The fraction of sp³-hybridized carbons (Fsp3) is 0.368. The highest BCUT2D eigenvalue weighted by molar-refractivity contribution is 5.94. The van der Waals surface area contributed by atoms with Crippen molar-refractivity contribution in [2.45, 2.75) is 45.1 Å². The van der Waals surface area contributed by atoms with Gasteiger partial charge < -0.3 is 5.32 Å². The van der Waals surface area contributed by atoms with Crippen LogP contribution in [0.2, 0.25) is 0 Å². The predicted octanol–water partition coefficient (Wildman–Crippen LogP) is 4.52. The first kappa shape index (κ1) is 16.2. The summed E-state index contributed by atoms with van der Waals surface area (Å²) in [4.78, 5) is 16.4. The molecule has 22 heavy (non-hydrogen) atoms. The van der Waals surface area contributed by atoms with Crippen molar-refractivity contribution < 1.29 is 4.79 Å². The lowest BCUT2D eigenvalue weighted by Gasteiger charge is -2.19. The van der Waals surface area contributed by atoms with Crippen molar-refractivity contribution in [1.29, 1.82) is 0 Å². The van der Waals surface area contributed by atoms with Crippen LogP contribution in [0.1, 0.15) is 61.0 Å². The summed E-state index contributed by atoms with van der Waals surface area (Å²) in [7, 11) is 0. The molecule has 2 rings (SSSR count). The van der Waals surface area contributed by atoms with Gasteiger partial charge in [0.05, 0.1) is 11.6 Å². The second-order valence-electron chi connectivity index (χ2n) is 5.53. The third-order valence-corrected chi connectivity index (χ3v) is 3.78. The number of nitrogens with zero attached hydrogens (tertiary/aromatic N) is 1. The molecule has 0 fully saturated rings. The molecule has 2 aromatic rings. The highest BCUT2D eigenvalue weighted by Crippen LogP contribution is 2.20. The Hall–Kier alpha value is -2.16. The van der Waals surface area contributed by atoms with E-state index in [4.69, 9.17) is 0 Å². The minimum Gasteiger partial charge on any atom is -0.345 e. The van der Waals surface area contributed by atoms with Crippen molar-refractivity contribution in [3.8, 4) is 0 Å². The summed E-state index contributed by atoms with van der Waals surface area (Å²) >= 11 is 0. The second kappa shape index (κ2) is 8.98. The zero-order valence-corrected chi connectivity index (χ0v) is 13.2. The summed E-state index contributed by atoms with van der Waals surface area (Å²) in [6, 6.07) is 13.8. The Morgan fingerprint density at radius 1 is 1.09 bits per heavy atom. The van der Waals surface area contributed by atoms with E-state index in [-0.39, 0.29) is 11.9 Å². The molecule has 1 aromatic carbocycles. The Morgan fingerprint density at radius 2 is 1.91 bits per heavy atom. The Labute approximate surface area is 132 Å². The molecule has 3 nitrogen and oxygen atoms in total. The van der Waals surface area contributed by atoms with Crippen LogP contribution in [0.5, 0.6) is 0 Å². The van der Waals surface area contributed by atoms with E-state index in [1.54, 1.807) is 24.5 Å². The van der Waals surface area contributed by atoms with Crippen LogP contribution in [-0.4, -0.2) is 10.9 Å². The number of aromatic nitrogens is 1. The predicted molar refractivity (Wildman–Crippen MR) is 89.6 cm³/mol. The van der Waals surface area contributed by atoms with Gasteiger partial charge >= 0.3 is 0 Å². The number of amides is 1. The number of pyridine rings is 1.